The van der Waals surface area contributed by atoms with Crippen LogP contribution in [0.1, 0.15) is 16.8 Å². The van der Waals surface area contributed by atoms with Gasteiger partial charge in [0.25, 0.3) is 0 Å². The summed E-state index contributed by atoms with van der Waals surface area (Å²) in [7, 11) is 0. The molecule has 1 aromatic rings. The number of para-hydroxylation sites is 1. The Bertz CT molecular complexity index is 369. The summed E-state index contributed by atoms with van der Waals surface area (Å²) >= 11 is 0. The second-order valence-electron chi connectivity index (χ2n) is 2.67. The van der Waals surface area contributed by atoms with Gasteiger partial charge >= 0.3 is 0 Å². The first kappa shape index (κ1) is 10.1. The second kappa shape index (κ2) is 4.87. The molecule has 1 aromatic carbocycles. The summed E-state index contributed by atoms with van der Waals surface area (Å²) in [6.07, 6.45) is 0.335. The number of carboxylic acid groups (broad SMARTS) is 1. The Morgan fingerprint density at radius 1 is 1.50 bits per heavy atom. The Morgan fingerprint density at radius 2 is 2.21 bits per heavy atom. The van der Waals surface area contributed by atoms with E-state index in [9.17, 15) is 9.90 Å². The molecule has 1 N–H and O–H groups in total. The quantitative estimate of drug-likeness (QED) is 0.694. The molecule has 0 aromatic heterocycles. The summed E-state index contributed by atoms with van der Waals surface area (Å²) in [4.78, 5) is 10.6. The lowest BCUT2D eigenvalue weighted by molar-refractivity contribution is -0.254. The van der Waals surface area contributed by atoms with Crippen molar-refractivity contribution in [3.63, 3.8) is 0 Å². The van der Waals surface area contributed by atoms with Crippen LogP contribution in [0.25, 0.3) is 0 Å². The average molecular weight is 189 g/mol. The number of nitriles is 1. The smallest absolute Gasteiger partial charge is 0.0736 e. The maximum absolute atomic E-state index is 10.6. The minimum absolute atomic E-state index is 0.116. The predicted molar refractivity (Wildman–Crippen MR) is 49.5 cm³/mol. The van der Waals surface area contributed by atoms with Crippen molar-refractivity contribution in [2.24, 2.45) is 0 Å². The highest BCUT2D eigenvalue weighted by atomic mass is 16.4. The third kappa shape index (κ3) is 2.49. The summed E-state index contributed by atoms with van der Waals surface area (Å²) in [5.74, 6) is -1.22. The number of nitrogens with zero attached hydrogens (tertiary/aromatic N) is 1. The minimum Gasteiger partial charge on any atom is -0.545 e. The molecule has 0 fully saturated rings. The Hall–Kier alpha value is -2.02. The SMILES string of the molecule is N#CCCNc1ccccc1C(=O)[O-]. The maximum Gasteiger partial charge on any atom is 0.0736 e. The van der Waals surface area contributed by atoms with Crippen molar-refractivity contribution >= 4 is 11.7 Å². The van der Waals surface area contributed by atoms with Crippen LogP contribution in [-0.2, 0) is 0 Å². The third-order valence-corrected chi connectivity index (χ3v) is 1.70. The molecule has 0 heterocycles. The van der Waals surface area contributed by atoms with Gasteiger partial charge in [-0.15, -0.1) is 0 Å². The Kier molecular flexibility index (Phi) is 3.50. The molecule has 0 atom stereocenters. The number of aromatic carboxylic acids is 1. The van der Waals surface area contributed by atoms with E-state index < -0.39 is 5.97 Å². The largest absolute Gasteiger partial charge is 0.545 e. The highest BCUT2D eigenvalue weighted by Gasteiger charge is 2.00. The molecule has 72 valence electrons. The van der Waals surface area contributed by atoms with Gasteiger partial charge in [0.2, 0.25) is 0 Å². The van der Waals surface area contributed by atoms with E-state index in [0.717, 1.165) is 0 Å². The van der Waals surface area contributed by atoms with Crippen molar-refractivity contribution in [2.75, 3.05) is 11.9 Å². The summed E-state index contributed by atoms with van der Waals surface area (Å²) in [6.45, 7) is 0.431. The van der Waals surface area contributed by atoms with Gasteiger partial charge in [0.05, 0.1) is 18.5 Å². The average Bonchev–Trinajstić information content (AvgIpc) is 2.19. The lowest BCUT2D eigenvalue weighted by atomic mass is 10.2. The van der Waals surface area contributed by atoms with Crippen LogP contribution in [0.4, 0.5) is 5.69 Å². The topological polar surface area (TPSA) is 76.0 Å². The third-order valence-electron chi connectivity index (χ3n) is 1.70. The molecule has 4 heteroatoms. The Balaban J connectivity index is 2.75. The number of anilines is 1. The first-order chi connectivity index (χ1) is 6.75. The molecule has 14 heavy (non-hydrogen) atoms. The standard InChI is InChI=1S/C10H10N2O2/c11-6-3-7-12-9-5-2-1-4-8(9)10(13)14/h1-2,4-5,12H,3,7H2,(H,13,14)/p-1. The number of hydrogen-bond donors (Lipinski definition) is 1. The molecule has 0 saturated carbocycles. The number of carboxylic acids is 1. The van der Waals surface area contributed by atoms with Crippen molar-refractivity contribution in [2.45, 2.75) is 6.42 Å². The lowest BCUT2D eigenvalue weighted by Crippen LogP contribution is -2.23. The monoisotopic (exact) mass is 189 g/mol. The molecular weight excluding hydrogens is 180 g/mol. The van der Waals surface area contributed by atoms with E-state index in [1.165, 1.54) is 6.07 Å². The van der Waals surface area contributed by atoms with E-state index >= 15 is 0 Å². The van der Waals surface area contributed by atoms with Crippen LogP contribution in [0, 0.1) is 11.3 Å². The number of nitrogens with one attached hydrogen (secondary N) is 1. The van der Waals surface area contributed by atoms with Crippen LogP contribution in [0.3, 0.4) is 0 Å². The molecule has 0 aliphatic rings. The van der Waals surface area contributed by atoms with Gasteiger partial charge in [-0.05, 0) is 6.07 Å². The summed E-state index contributed by atoms with van der Waals surface area (Å²) in [5, 5.41) is 21.8. The van der Waals surface area contributed by atoms with Gasteiger partial charge in [-0.1, -0.05) is 18.2 Å². The molecule has 0 unspecified atom stereocenters. The first-order valence-corrected chi connectivity index (χ1v) is 4.17. The fourth-order valence-electron chi connectivity index (χ4n) is 1.07. The van der Waals surface area contributed by atoms with Crippen molar-refractivity contribution in [1.82, 2.24) is 0 Å². The molecule has 0 amide bonds. The molecule has 0 radical (unpaired) electrons. The molecule has 0 aliphatic heterocycles. The van der Waals surface area contributed by atoms with Crippen molar-refractivity contribution in [1.29, 1.82) is 5.26 Å². The fourth-order valence-corrected chi connectivity index (χ4v) is 1.07. The predicted octanol–water partition coefficient (Wildman–Crippen LogP) is 0.376. The summed E-state index contributed by atoms with van der Waals surface area (Å²) in [6, 6.07) is 8.41. The highest BCUT2D eigenvalue weighted by molar-refractivity contribution is 5.92. The van der Waals surface area contributed by atoms with E-state index in [4.69, 9.17) is 5.26 Å². The van der Waals surface area contributed by atoms with Crippen molar-refractivity contribution in [3.05, 3.63) is 29.8 Å². The Morgan fingerprint density at radius 3 is 2.86 bits per heavy atom. The van der Waals surface area contributed by atoms with Crippen LogP contribution in [0.2, 0.25) is 0 Å². The van der Waals surface area contributed by atoms with Crippen molar-refractivity contribution < 1.29 is 9.90 Å². The molecule has 4 nitrogen and oxygen atoms in total. The molecule has 0 bridgehead atoms. The van der Waals surface area contributed by atoms with Crippen LogP contribution < -0.4 is 10.4 Å². The zero-order valence-corrected chi connectivity index (χ0v) is 7.49. The zero-order valence-electron chi connectivity index (χ0n) is 7.49. The summed E-state index contributed by atoms with van der Waals surface area (Å²) < 4.78 is 0. The first-order valence-electron chi connectivity index (χ1n) is 4.17. The van der Waals surface area contributed by atoms with Gasteiger partial charge < -0.3 is 15.2 Å². The second-order valence-corrected chi connectivity index (χ2v) is 2.67. The normalized spacial score (nSPS) is 9.07. The van der Waals surface area contributed by atoms with E-state index in [2.05, 4.69) is 5.32 Å². The molecule has 0 saturated heterocycles. The van der Waals surface area contributed by atoms with E-state index in [1.54, 1.807) is 18.2 Å². The number of carbonyl (C=O) groups is 1. The molecule has 0 aliphatic carbocycles. The summed E-state index contributed by atoms with van der Waals surface area (Å²) in [5.41, 5.74) is 0.605. The van der Waals surface area contributed by atoms with Crippen molar-refractivity contribution in [3.8, 4) is 6.07 Å². The fraction of sp³-hybridized carbons (Fsp3) is 0.200. The van der Waals surface area contributed by atoms with E-state index in [1.807, 2.05) is 6.07 Å². The minimum atomic E-state index is -1.22. The van der Waals surface area contributed by atoms with E-state index in [0.29, 0.717) is 18.7 Å². The van der Waals surface area contributed by atoms with Gasteiger partial charge in [0.15, 0.2) is 0 Å². The number of hydrogen-bond acceptors (Lipinski definition) is 4. The lowest BCUT2D eigenvalue weighted by Gasteiger charge is -2.10. The maximum atomic E-state index is 10.6. The van der Waals surface area contributed by atoms with E-state index in [-0.39, 0.29) is 5.56 Å². The van der Waals surface area contributed by atoms with Crippen LogP contribution in [-0.4, -0.2) is 12.5 Å². The Labute approximate surface area is 81.8 Å². The number of benzene rings is 1. The number of carbonyl (C=O) groups excluding carboxylic acids is 1. The highest BCUT2D eigenvalue weighted by Crippen LogP contribution is 2.13. The van der Waals surface area contributed by atoms with Gasteiger partial charge in [-0.25, -0.2) is 0 Å². The van der Waals surface area contributed by atoms with Crippen LogP contribution in [0.15, 0.2) is 24.3 Å². The van der Waals surface area contributed by atoms with Crippen LogP contribution in [0.5, 0.6) is 0 Å². The molecule has 0 spiro atoms. The van der Waals surface area contributed by atoms with Gasteiger partial charge in [-0.3, -0.25) is 0 Å². The molecule has 1 rings (SSSR count). The molecular formula is C10H9N2O2-. The van der Waals surface area contributed by atoms with Gasteiger partial charge in [0.1, 0.15) is 0 Å². The van der Waals surface area contributed by atoms with Gasteiger partial charge in [0, 0.05) is 17.8 Å². The number of rotatable bonds is 4. The van der Waals surface area contributed by atoms with Crippen LogP contribution >= 0.6 is 0 Å². The zero-order chi connectivity index (χ0) is 10.4. The van der Waals surface area contributed by atoms with Gasteiger partial charge in [-0.2, -0.15) is 5.26 Å².